The number of hydrogen-bond acceptors (Lipinski definition) is 39. The van der Waals surface area contributed by atoms with E-state index in [1.165, 1.54) is 9.36 Å². The standard InChI is InChI=1S/C12H22O12.C11H14N3O5P.C11H13N3O.C6H14NO9P.C6H13NO5.H3NO.2H3O5P/c13-1-3(15)10(7(18)8(19)11(21)22)24-12-9(20)6(17)5(16)4(2-14)23-12;1-8-10(12-20(17,18)19-16)11(15)14(13(8)2)9-6-4-3-5-7-9;1-8-10(12)11(15)14(13(8)2)9-6-4-3-5-7-9;8-1-2-4(9)5(10)3(6(11)15-2)7-17(13,14)16-12;7-3-5(10)4(9)2(1-8)12-6(3)11;1-2;2*1-5-6(2,3)4/h3-10,12-20H,1-2H2,(H,21,22);3-7,16H,1-2H3,(H2,12,17,18);3-7H,12H2,1-2H3;2-6,8-12H,1H2,(H2,7,13,14);2-6,8-11H,1,7H2;2H,1H2;2*1H,(H2,2,3,4)/t3?,4?,5-,6+,7?,8?,9?,10?,12-;;;2?,3-,4-,5?,6?;2?,3?,4-,5-,6?;;;/m0..00.../s1. The molecule has 3 saturated heterocycles. The molecule has 7 rings (SSSR count). The van der Waals surface area contributed by atoms with Crippen LogP contribution in [0.15, 0.2) is 70.3 Å². The van der Waals surface area contributed by atoms with Crippen LogP contribution >= 0.6 is 31.1 Å². The van der Waals surface area contributed by atoms with Crippen LogP contribution in [-0.4, -0.2) is 310 Å². The summed E-state index contributed by atoms with van der Waals surface area (Å²) in [5.41, 5.74) is 13.1. The zero-order valence-corrected chi connectivity index (χ0v) is 56.6. The normalized spacial score (nSPS) is 27.0. The van der Waals surface area contributed by atoms with Gasteiger partial charge in [-0.05, 0) is 38.1 Å². The smallest absolute Gasteiger partial charge is 0.479 e. The number of hydrogen-bond donors (Lipinski definition) is 33. The monoisotopic (exact) mass is 1580 g/mol. The number of carbonyl (C=O) groups is 1. The zero-order valence-electron chi connectivity index (χ0n) is 53.0. The number of aliphatic hydroxyl groups excluding tert-OH is 16. The number of nitrogens with one attached hydrogen (secondary N) is 2. The van der Waals surface area contributed by atoms with Gasteiger partial charge < -0.3 is 152 Å². The molecular weight excluding hydrogens is 1490 g/mol. The highest BCUT2D eigenvalue weighted by Crippen LogP contribution is 2.41. The van der Waals surface area contributed by atoms with Crippen LogP contribution in [0.3, 0.4) is 0 Å². The molecule has 3 aliphatic heterocycles. The van der Waals surface area contributed by atoms with Crippen LogP contribution in [0.5, 0.6) is 0 Å². The number of nitrogens with zero attached hydrogens (tertiary/aromatic N) is 4. The third-order valence-electron chi connectivity index (χ3n) is 13.6. The number of para-hydroxylation sites is 2. The molecule has 56 heteroatoms. The average Bonchev–Trinajstić information content (AvgIpc) is 1.58. The zero-order chi connectivity index (χ0) is 79.4. The SMILES string of the molecule is Cc1c(N)c(=O)n(-c2ccccc2)n1C.Cc1c(NP(=O)(O)OO)c(=O)n(-c2ccccc2)n1C.NC1C(O)OC(CO)[C@H](O)[C@H]1O.NO.O=C(O)C(O)C(O)C(O[C@@H]1OC(CO)[C@H](O)[C@@H](O)C1O)C(O)CO.O=P(O)(N[C@@H]1C(O)OC(CO)[C@H](O)C1O)OO.O=P(O)(O)OO.O=P(O)(O)OO. The number of aliphatic carboxylic acids is 1. The van der Waals surface area contributed by atoms with Crippen molar-refractivity contribution in [3.05, 3.63) is 92.8 Å². The van der Waals surface area contributed by atoms with Crippen LogP contribution in [0.4, 0.5) is 11.4 Å². The number of anilines is 2. The van der Waals surface area contributed by atoms with Crippen molar-refractivity contribution in [1.29, 1.82) is 0 Å². The maximum atomic E-state index is 12.3. The van der Waals surface area contributed by atoms with Gasteiger partial charge in [-0.2, -0.15) is 0 Å². The van der Waals surface area contributed by atoms with Gasteiger partial charge in [0.2, 0.25) is 0 Å². The summed E-state index contributed by atoms with van der Waals surface area (Å²) in [6.45, 7) is 0.540. The summed E-state index contributed by atoms with van der Waals surface area (Å²) >= 11 is 0. The molecule has 592 valence electrons. The summed E-state index contributed by atoms with van der Waals surface area (Å²) in [5, 5.41) is 199. The molecule has 3 fully saturated rings. The first-order chi connectivity index (χ1) is 47.2. The average molecular weight is 1580 g/mol. The minimum Gasteiger partial charge on any atom is -0.479 e. The maximum Gasteiger partial charge on any atom is 0.496 e. The lowest BCUT2D eigenvalue weighted by Gasteiger charge is -2.42. The Hall–Kier alpha value is -5.07. The van der Waals surface area contributed by atoms with Crippen molar-refractivity contribution < 1.29 is 203 Å². The maximum absolute atomic E-state index is 12.3. The Morgan fingerprint density at radius 3 is 1.32 bits per heavy atom. The Balaban J connectivity index is 0.00000121. The van der Waals surface area contributed by atoms with Gasteiger partial charge in [-0.3, -0.25) is 24.0 Å². The first-order valence-electron chi connectivity index (χ1n) is 27.7. The Morgan fingerprint density at radius 1 is 0.569 bits per heavy atom. The number of carboxylic acid groups (broad SMARTS) is 1. The molecule has 102 heavy (non-hydrogen) atoms. The van der Waals surface area contributed by atoms with Crippen LogP contribution < -0.4 is 38.7 Å². The fourth-order valence-corrected chi connectivity index (χ4v) is 9.46. The van der Waals surface area contributed by atoms with Gasteiger partial charge >= 0.3 is 37.1 Å². The van der Waals surface area contributed by atoms with Crippen molar-refractivity contribution in [2.24, 2.45) is 25.7 Å². The third kappa shape index (κ3) is 29.3. The van der Waals surface area contributed by atoms with Crippen molar-refractivity contribution in [2.45, 2.75) is 130 Å². The lowest BCUT2D eigenvalue weighted by molar-refractivity contribution is -0.326. The van der Waals surface area contributed by atoms with E-state index in [0.29, 0.717) is 17.1 Å². The van der Waals surface area contributed by atoms with E-state index in [4.69, 9.17) is 107 Å². The number of ether oxygens (including phenoxy) is 4. The first kappa shape index (κ1) is 96.9. The summed E-state index contributed by atoms with van der Waals surface area (Å²) < 4.78 is 78.1. The van der Waals surface area contributed by atoms with Crippen molar-refractivity contribution in [3.8, 4) is 11.4 Å². The van der Waals surface area contributed by atoms with E-state index in [1.54, 1.807) is 52.7 Å². The number of nitrogens with two attached hydrogens (primary N) is 3. The molecule has 52 nitrogen and oxygen atoms in total. The molecule has 0 saturated carbocycles. The minimum atomic E-state index is -4.64. The largest absolute Gasteiger partial charge is 0.496 e. The number of phosphoric acid groups is 2. The van der Waals surface area contributed by atoms with Gasteiger partial charge in [-0.25, -0.2) is 64.4 Å². The van der Waals surface area contributed by atoms with E-state index in [2.05, 4.69) is 29.3 Å². The van der Waals surface area contributed by atoms with Crippen molar-refractivity contribution in [1.82, 2.24) is 23.8 Å². The van der Waals surface area contributed by atoms with E-state index < -0.39 is 186 Å². The van der Waals surface area contributed by atoms with E-state index in [-0.39, 0.29) is 11.2 Å². The highest BCUT2D eigenvalue weighted by Gasteiger charge is 2.49. The van der Waals surface area contributed by atoms with Gasteiger partial charge in [0, 0.05) is 14.1 Å². The number of nitrogen functional groups attached to an aromatic ring is 1. The van der Waals surface area contributed by atoms with E-state index in [0.717, 1.165) is 11.4 Å². The molecule has 14 unspecified atom stereocenters. The molecule has 0 amide bonds. The molecule has 3 aliphatic rings. The highest BCUT2D eigenvalue weighted by molar-refractivity contribution is 7.54. The Morgan fingerprint density at radius 2 is 0.951 bits per heavy atom. The van der Waals surface area contributed by atoms with E-state index in [9.17, 15) is 93.7 Å². The molecule has 0 aliphatic carbocycles. The molecule has 4 aromatic rings. The van der Waals surface area contributed by atoms with Crippen LogP contribution in [0.1, 0.15) is 11.4 Å². The van der Waals surface area contributed by atoms with Gasteiger partial charge in [0.25, 0.3) is 11.1 Å². The molecule has 2 aromatic heterocycles. The summed E-state index contributed by atoms with van der Waals surface area (Å²) in [4.78, 5) is 82.8. The number of carboxylic acids is 1. The number of aliphatic hydroxyl groups is 16. The quantitative estimate of drug-likeness (QED) is 0.0222. The van der Waals surface area contributed by atoms with Crippen molar-refractivity contribution in [3.63, 3.8) is 0 Å². The third-order valence-corrected chi connectivity index (χ3v) is 15.6. The predicted octanol–water partition coefficient (Wildman–Crippen LogP) is -10.9. The molecule has 0 bridgehead atoms. The van der Waals surface area contributed by atoms with E-state index in [1.807, 2.05) is 55.5 Å². The number of aromatic nitrogens is 4. The Labute approximate surface area is 571 Å². The van der Waals surface area contributed by atoms with Crippen LogP contribution in [0.25, 0.3) is 11.4 Å². The van der Waals surface area contributed by atoms with Crippen LogP contribution in [0, 0.1) is 13.8 Å². The van der Waals surface area contributed by atoms with Crippen LogP contribution in [-0.2, 0) is 74.8 Å². The topological polar surface area (TPSA) is 882 Å². The molecule has 36 N–H and O–H groups in total. The van der Waals surface area contributed by atoms with Gasteiger partial charge in [0.1, 0.15) is 90.7 Å². The second-order valence-corrected chi connectivity index (χ2v) is 25.6. The van der Waals surface area contributed by atoms with Gasteiger partial charge in [-0.1, -0.05) is 36.4 Å². The molecule has 0 spiro atoms. The summed E-state index contributed by atoms with van der Waals surface area (Å²) in [5.74, 6) is 1.66. The summed E-state index contributed by atoms with van der Waals surface area (Å²) in [7, 11) is -14.8. The molecule has 5 heterocycles. The Kier molecular flexibility index (Phi) is 42.6. The number of benzene rings is 2. The lowest BCUT2D eigenvalue weighted by atomic mass is 9.98. The second kappa shape index (κ2) is 44.8. The van der Waals surface area contributed by atoms with Gasteiger partial charge in [0.15, 0.2) is 25.0 Å². The van der Waals surface area contributed by atoms with Crippen molar-refractivity contribution in [2.75, 3.05) is 37.2 Å². The fourth-order valence-electron chi connectivity index (χ4n) is 8.18. The van der Waals surface area contributed by atoms with Gasteiger partial charge in [-0.15, -0.1) is 18.7 Å². The second-order valence-electron chi connectivity index (χ2n) is 20.4. The molecule has 0 radical (unpaired) electrons. The van der Waals surface area contributed by atoms with Crippen molar-refractivity contribution >= 4 is 48.5 Å². The summed E-state index contributed by atoms with van der Waals surface area (Å²) in [6, 6.07) is 15.6. The lowest BCUT2D eigenvalue weighted by Crippen LogP contribution is -2.62. The molecule has 2 aromatic carbocycles. The van der Waals surface area contributed by atoms with E-state index >= 15 is 0 Å². The molecular formula is C46H85N9O43P4. The van der Waals surface area contributed by atoms with Gasteiger partial charge in [0.05, 0.1) is 61.3 Å². The Bertz CT molecular complexity index is 3380. The summed E-state index contributed by atoms with van der Waals surface area (Å²) in [6.07, 6.45) is -28.1. The fraction of sp³-hybridized carbons (Fsp3) is 0.587. The first-order valence-corrected chi connectivity index (χ1v) is 33.9. The minimum absolute atomic E-state index is 0.115. The number of rotatable bonds is 20. The predicted molar refractivity (Wildman–Crippen MR) is 330 cm³/mol. The van der Waals surface area contributed by atoms with Crippen LogP contribution in [0.2, 0.25) is 0 Å². The highest BCUT2D eigenvalue weighted by atomic mass is 31.2. The molecule has 21 atom stereocenters.